The number of hydrogen-bond acceptors (Lipinski definition) is 3. The summed E-state index contributed by atoms with van der Waals surface area (Å²) in [6, 6.07) is 8.34. The Balaban J connectivity index is 2.46. The van der Waals surface area contributed by atoms with Gasteiger partial charge in [0.05, 0.1) is 0 Å². The van der Waals surface area contributed by atoms with Gasteiger partial charge in [-0.1, -0.05) is 29.8 Å². The first-order chi connectivity index (χ1) is 10.4. The highest BCUT2D eigenvalue weighted by atomic mass is 28.4. The first-order valence-electron chi connectivity index (χ1n) is 8.41. The summed E-state index contributed by atoms with van der Waals surface area (Å²) < 4.78 is 13.0. The van der Waals surface area contributed by atoms with E-state index in [0.717, 1.165) is 12.0 Å². The minimum atomic E-state index is -1.87. The van der Waals surface area contributed by atoms with Crippen LogP contribution in [0.3, 0.4) is 0 Å². The van der Waals surface area contributed by atoms with Crippen molar-refractivity contribution in [2.75, 3.05) is 0 Å². The van der Waals surface area contributed by atoms with E-state index >= 15 is 0 Å². The van der Waals surface area contributed by atoms with Crippen LogP contribution >= 0.6 is 0 Å². The van der Waals surface area contributed by atoms with E-state index in [-0.39, 0.29) is 11.9 Å². The van der Waals surface area contributed by atoms with Gasteiger partial charge in [-0.15, -0.1) is 0 Å². The minimum Gasteiger partial charge on any atom is -0.407 e. The molecule has 23 heavy (non-hydrogen) atoms. The molecule has 128 valence electrons. The number of hydrogen-bond donors (Lipinski definition) is 0. The van der Waals surface area contributed by atoms with Crippen LogP contribution in [0.2, 0.25) is 39.3 Å². The maximum absolute atomic E-state index is 12.6. The fourth-order valence-electron chi connectivity index (χ4n) is 2.99. The summed E-state index contributed by atoms with van der Waals surface area (Å²) >= 11 is 0. The lowest BCUT2D eigenvalue weighted by atomic mass is 9.72. The van der Waals surface area contributed by atoms with E-state index in [9.17, 15) is 4.79 Å². The third-order valence-corrected chi connectivity index (χ3v) is 5.88. The molecule has 1 aliphatic carbocycles. The highest BCUT2D eigenvalue weighted by Gasteiger charge is 2.56. The molecule has 0 spiro atoms. The van der Waals surface area contributed by atoms with Crippen molar-refractivity contribution < 1.29 is 13.6 Å². The summed E-state index contributed by atoms with van der Waals surface area (Å²) in [4.78, 5) is 12.6. The van der Waals surface area contributed by atoms with Crippen LogP contribution in [-0.4, -0.2) is 28.0 Å². The van der Waals surface area contributed by atoms with Gasteiger partial charge in [0.1, 0.15) is 11.7 Å². The molecule has 1 aromatic carbocycles. The number of carbonyl (C=O) groups excluding carboxylic acids is 1. The van der Waals surface area contributed by atoms with Crippen LogP contribution in [0.25, 0.3) is 0 Å². The van der Waals surface area contributed by atoms with Crippen LogP contribution < -0.4 is 0 Å². The second-order valence-corrected chi connectivity index (χ2v) is 17.4. The Morgan fingerprint density at radius 3 is 1.91 bits per heavy atom. The van der Waals surface area contributed by atoms with Crippen molar-refractivity contribution in [1.29, 1.82) is 0 Å². The third kappa shape index (κ3) is 4.41. The van der Waals surface area contributed by atoms with Gasteiger partial charge in [-0.05, 0) is 58.2 Å². The van der Waals surface area contributed by atoms with Gasteiger partial charge in [-0.2, -0.15) is 0 Å². The fraction of sp³-hybridized carbons (Fsp3) is 0.611. The van der Waals surface area contributed by atoms with Crippen molar-refractivity contribution in [1.82, 2.24) is 0 Å². The molecule has 2 atom stereocenters. The van der Waals surface area contributed by atoms with Gasteiger partial charge in [0.25, 0.3) is 0 Å². The van der Waals surface area contributed by atoms with Crippen LogP contribution in [0.4, 0.5) is 0 Å². The van der Waals surface area contributed by atoms with Gasteiger partial charge in [-0.25, -0.2) is 0 Å². The summed E-state index contributed by atoms with van der Waals surface area (Å²) in [5, 5.41) is 0. The van der Waals surface area contributed by atoms with E-state index < -0.39 is 22.2 Å². The summed E-state index contributed by atoms with van der Waals surface area (Å²) in [5.41, 5.74) is 1.49. The Hall–Kier alpha value is -0.756. The van der Waals surface area contributed by atoms with Gasteiger partial charge in [0.15, 0.2) is 22.4 Å². The topological polar surface area (TPSA) is 35.5 Å². The third-order valence-electron chi connectivity index (χ3n) is 3.96. The van der Waals surface area contributed by atoms with Crippen LogP contribution in [0, 0.1) is 6.92 Å². The highest BCUT2D eigenvalue weighted by Crippen LogP contribution is 2.47. The van der Waals surface area contributed by atoms with Crippen molar-refractivity contribution >= 4 is 22.4 Å². The number of benzene rings is 1. The van der Waals surface area contributed by atoms with Gasteiger partial charge < -0.3 is 8.85 Å². The average Bonchev–Trinajstić information content (AvgIpc) is 2.40. The Morgan fingerprint density at radius 1 is 1.00 bits per heavy atom. The zero-order chi connectivity index (χ0) is 17.5. The molecule has 0 radical (unpaired) electrons. The standard InChI is InChI=1S/C18H30O3Si2/c1-14-8-10-15(11-9-14)17(20-22(2,3)4)18(13-12-16(18)19)21-23(5,6)7/h8-11,17H,12-13H2,1-7H3. The predicted molar refractivity (Wildman–Crippen MR) is 99.8 cm³/mol. The fourth-order valence-corrected chi connectivity index (χ4v) is 5.44. The lowest BCUT2D eigenvalue weighted by molar-refractivity contribution is -0.162. The summed E-state index contributed by atoms with van der Waals surface area (Å²) in [6.07, 6.45) is 1.07. The molecule has 5 heteroatoms. The van der Waals surface area contributed by atoms with Crippen LogP contribution in [0.5, 0.6) is 0 Å². The van der Waals surface area contributed by atoms with Gasteiger partial charge >= 0.3 is 0 Å². The van der Waals surface area contributed by atoms with E-state index in [1.807, 2.05) is 0 Å². The van der Waals surface area contributed by atoms with Crippen LogP contribution in [0.1, 0.15) is 30.1 Å². The number of aryl methyl sites for hydroxylation is 1. The lowest BCUT2D eigenvalue weighted by Crippen LogP contribution is -2.60. The zero-order valence-corrected chi connectivity index (χ0v) is 17.5. The second-order valence-electron chi connectivity index (χ2n) is 8.55. The smallest absolute Gasteiger partial charge is 0.185 e. The zero-order valence-electron chi connectivity index (χ0n) is 15.5. The number of carbonyl (C=O) groups is 1. The van der Waals surface area contributed by atoms with Crippen LogP contribution in [0.15, 0.2) is 24.3 Å². The predicted octanol–water partition coefficient (Wildman–Crippen LogP) is 4.84. The van der Waals surface area contributed by atoms with Crippen LogP contribution in [-0.2, 0) is 13.6 Å². The van der Waals surface area contributed by atoms with Crippen molar-refractivity contribution in [2.45, 2.75) is 70.8 Å². The molecule has 0 N–H and O–H groups in total. The number of ketones is 1. The molecular weight excluding hydrogens is 320 g/mol. The molecule has 0 amide bonds. The molecule has 2 rings (SSSR count). The number of Topliss-reactive ketones (excluding diaryl/α,β-unsaturated/α-hetero) is 1. The van der Waals surface area contributed by atoms with E-state index in [0.29, 0.717) is 6.42 Å². The van der Waals surface area contributed by atoms with E-state index in [4.69, 9.17) is 8.85 Å². The Morgan fingerprint density at radius 2 is 1.57 bits per heavy atom. The number of rotatable bonds is 6. The first kappa shape index (κ1) is 18.6. The summed E-state index contributed by atoms with van der Waals surface area (Å²) in [5.74, 6) is 0.198. The minimum absolute atomic E-state index is 0.198. The Labute approximate surface area is 142 Å². The summed E-state index contributed by atoms with van der Waals surface area (Å²) in [6.45, 7) is 15.0. The molecule has 2 unspecified atom stereocenters. The molecule has 1 aromatic rings. The molecule has 1 fully saturated rings. The van der Waals surface area contributed by atoms with Crippen molar-refractivity contribution in [3.8, 4) is 0 Å². The first-order valence-corrected chi connectivity index (χ1v) is 15.2. The maximum atomic E-state index is 12.6. The van der Waals surface area contributed by atoms with Gasteiger partial charge in [0, 0.05) is 6.42 Å². The SMILES string of the molecule is Cc1ccc(C(O[Si](C)(C)C)C2(O[Si](C)(C)C)CCC2=O)cc1. The monoisotopic (exact) mass is 350 g/mol. The van der Waals surface area contributed by atoms with Crippen molar-refractivity contribution in [3.05, 3.63) is 35.4 Å². The van der Waals surface area contributed by atoms with E-state index in [1.165, 1.54) is 5.56 Å². The summed E-state index contributed by atoms with van der Waals surface area (Å²) in [7, 11) is -3.70. The molecule has 0 saturated heterocycles. The molecule has 0 aliphatic heterocycles. The average molecular weight is 351 g/mol. The maximum Gasteiger partial charge on any atom is 0.185 e. The molecule has 1 saturated carbocycles. The van der Waals surface area contributed by atoms with Crippen molar-refractivity contribution in [3.63, 3.8) is 0 Å². The second kappa shape index (κ2) is 6.28. The van der Waals surface area contributed by atoms with Gasteiger partial charge in [0.2, 0.25) is 0 Å². The molecule has 0 bridgehead atoms. The molecule has 1 aliphatic rings. The highest BCUT2D eigenvalue weighted by molar-refractivity contribution is 6.70. The lowest BCUT2D eigenvalue weighted by Gasteiger charge is -2.50. The van der Waals surface area contributed by atoms with Gasteiger partial charge in [-0.3, -0.25) is 4.79 Å². The Kier molecular flexibility index (Phi) is 5.07. The largest absolute Gasteiger partial charge is 0.407 e. The quantitative estimate of drug-likeness (QED) is 0.689. The molecular formula is C18H30O3Si2. The van der Waals surface area contributed by atoms with E-state index in [2.05, 4.69) is 70.5 Å². The molecule has 0 heterocycles. The normalized spacial score (nSPS) is 23.5. The molecule has 3 nitrogen and oxygen atoms in total. The Bertz CT molecular complexity index is 569. The van der Waals surface area contributed by atoms with Crippen molar-refractivity contribution in [2.24, 2.45) is 0 Å². The van der Waals surface area contributed by atoms with E-state index in [1.54, 1.807) is 0 Å². The molecule has 0 aromatic heterocycles.